The number of fused-ring (bicyclic) bond motifs is 1. The van der Waals surface area contributed by atoms with Crippen LogP contribution in [0, 0.1) is 5.41 Å². The van der Waals surface area contributed by atoms with Crippen molar-refractivity contribution in [2.24, 2.45) is 5.41 Å². The third-order valence-corrected chi connectivity index (χ3v) is 5.50. The van der Waals surface area contributed by atoms with E-state index in [0.717, 1.165) is 40.8 Å². The van der Waals surface area contributed by atoms with E-state index in [-0.39, 0.29) is 5.41 Å². The standard InChI is InChI=1S/C17H23BrO3/c1-17(6-3-2-4-7-17)16(19)12-10-14-15(11-13(12)18)21-9-5-8-20-14/h10-11,16,19H,2-9H2,1H3. The van der Waals surface area contributed by atoms with Crippen molar-refractivity contribution in [3.8, 4) is 11.5 Å². The predicted molar refractivity (Wildman–Crippen MR) is 85.9 cm³/mol. The first-order valence-electron chi connectivity index (χ1n) is 7.87. The van der Waals surface area contributed by atoms with Crippen LogP contribution in [0.25, 0.3) is 0 Å². The smallest absolute Gasteiger partial charge is 0.162 e. The number of ether oxygens (including phenoxy) is 2. The van der Waals surface area contributed by atoms with Gasteiger partial charge in [0, 0.05) is 10.9 Å². The van der Waals surface area contributed by atoms with Gasteiger partial charge in [-0.3, -0.25) is 0 Å². The SMILES string of the molecule is CC1(C(O)c2cc3c(cc2Br)OCCCO3)CCCCC1. The van der Waals surface area contributed by atoms with Crippen molar-refractivity contribution in [3.63, 3.8) is 0 Å². The van der Waals surface area contributed by atoms with Gasteiger partial charge in [0.25, 0.3) is 0 Å². The molecule has 2 aliphatic rings. The molecule has 1 saturated carbocycles. The first kappa shape index (κ1) is 15.2. The maximum Gasteiger partial charge on any atom is 0.162 e. The lowest BCUT2D eigenvalue weighted by molar-refractivity contribution is 0.00754. The summed E-state index contributed by atoms with van der Waals surface area (Å²) in [4.78, 5) is 0. The highest BCUT2D eigenvalue weighted by molar-refractivity contribution is 9.10. The Morgan fingerprint density at radius 3 is 2.33 bits per heavy atom. The van der Waals surface area contributed by atoms with Crippen molar-refractivity contribution in [2.75, 3.05) is 13.2 Å². The average Bonchev–Trinajstić information content (AvgIpc) is 2.71. The first-order valence-corrected chi connectivity index (χ1v) is 8.66. The van der Waals surface area contributed by atoms with Crippen molar-refractivity contribution >= 4 is 15.9 Å². The highest BCUT2D eigenvalue weighted by Gasteiger charge is 2.36. The molecule has 4 heteroatoms. The molecule has 1 aliphatic heterocycles. The van der Waals surface area contributed by atoms with E-state index < -0.39 is 6.10 Å². The molecule has 0 radical (unpaired) electrons. The van der Waals surface area contributed by atoms with Crippen LogP contribution < -0.4 is 9.47 Å². The minimum absolute atomic E-state index is 0.0411. The van der Waals surface area contributed by atoms with Gasteiger partial charge in [-0.2, -0.15) is 0 Å². The fourth-order valence-corrected chi connectivity index (χ4v) is 3.96. The summed E-state index contributed by atoms with van der Waals surface area (Å²) in [5, 5.41) is 10.9. The number of halogens is 1. The van der Waals surface area contributed by atoms with Gasteiger partial charge in [-0.15, -0.1) is 0 Å². The van der Waals surface area contributed by atoms with Gasteiger partial charge in [0.1, 0.15) is 0 Å². The van der Waals surface area contributed by atoms with E-state index in [1.54, 1.807) is 0 Å². The quantitative estimate of drug-likeness (QED) is 0.842. The van der Waals surface area contributed by atoms with Crippen molar-refractivity contribution in [2.45, 2.75) is 51.6 Å². The van der Waals surface area contributed by atoms with Crippen LogP contribution in [-0.4, -0.2) is 18.3 Å². The van der Waals surface area contributed by atoms with E-state index in [1.807, 2.05) is 12.1 Å². The molecule has 1 aromatic carbocycles. The lowest BCUT2D eigenvalue weighted by Crippen LogP contribution is -2.28. The van der Waals surface area contributed by atoms with E-state index in [1.165, 1.54) is 19.3 Å². The fraction of sp³-hybridized carbons (Fsp3) is 0.647. The molecule has 0 aromatic heterocycles. The second-order valence-electron chi connectivity index (χ2n) is 6.49. The normalized spacial score (nSPS) is 22.4. The fourth-order valence-electron chi connectivity index (χ4n) is 3.42. The highest BCUT2D eigenvalue weighted by Crippen LogP contribution is 2.49. The molecule has 1 aromatic rings. The predicted octanol–water partition coefficient (Wildman–Crippen LogP) is 4.61. The zero-order valence-corrected chi connectivity index (χ0v) is 14.1. The maximum absolute atomic E-state index is 10.9. The topological polar surface area (TPSA) is 38.7 Å². The zero-order chi connectivity index (χ0) is 14.9. The van der Waals surface area contributed by atoms with Crippen molar-refractivity contribution in [1.82, 2.24) is 0 Å². The van der Waals surface area contributed by atoms with Gasteiger partial charge in [0.2, 0.25) is 0 Å². The van der Waals surface area contributed by atoms with Crippen LogP contribution in [0.4, 0.5) is 0 Å². The molecule has 1 atom stereocenters. The molecule has 3 rings (SSSR count). The van der Waals surface area contributed by atoms with E-state index in [4.69, 9.17) is 9.47 Å². The molecule has 0 spiro atoms. The number of aliphatic hydroxyl groups excluding tert-OH is 1. The highest BCUT2D eigenvalue weighted by atomic mass is 79.9. The van der Waals surface area contributed by atoms with Crippen molar-refractivity contribution in [3.05, 3.63) is 22.2 Å². The zero-order valence-electron chi connectivity index (χ0n) is 12.5. The Bertz CT molecular complexity index is 509. The van der Waals surface area contributed by atoms with E-state index in [2.05, 4.69) is 22.9 Å². The Kier molecular flexibility index (Phi) is 4.46. The summed E-state index contributed by atoms with van der Waals surface area (Å²) < 4.78 is 12.4. The van der Waals surface area contributed by atoms with Crippen molar-refractivity contribution in [1.29, 1.82) is 0 Å². The van der Waals surface area contributed by atoms with Crippen LogP contribution in [-0.2, 0) is 0 Å². The van der Waals surface area contributed by atoms with Gasteiger partial charge >= 0.3 is 0 Å². The average molecular weight is 355 g/mol. The van der Waals surface area contributed by atoms with Crippen LogP contribution in [0.2, 0.25) is 0 Å². The molecular formula is C17H23BrO3. The molecule has 1 fully saturated rings. The van der Waals surface area contributed by atoms with Crippen molar-refractivity contribution < 1.29 is 14.6 Å². The van der Waals surface area contributed by atoms with Gasteiger partial charge in [-0.25, -0.2) is 0 Å². The monoisotopic (exact) mass is 354 g/mol. The minimum Gasteiger partial charge on any atom is -0.490 e. The Labute approximate surface area is 134 Å². The van der Waals surface area contributed by atoms with Gasteiger partial charge < -0.3 is 14.6 Å². The van der Waals surface area contributed by atoms with Gasteiger partial charge in [0.05, 0.1) is 19.3 Å². The Balaban J connectivity index is 1.92. The number of hydrogen-bond acceptors (Lipinski definition) is 3. The summed E-state index contributed by atoms with van der Waals surface area (Å²) in [5.74, 6) is 1.52. The summed E-state index contributed by atoms with van der Waals surface area (Å²) in [5.41, 5.74) is 0.879. The van der Waals surface area contributed by atoms with Crippen LogP contribution in [0.3, 0.4) is 0 Å². The summed E-state index contributed by atoms with van der Waals surface area (Å²) in [6.07, 6.45) is 6.27. The third kappa shape index (κ3) is 3.07. The molecule has 1 heterocycles. The maximum atomic E-state index is 10.9. The summed E-state index contributed by atoms with van der Waals surface area (Å²) in [7, 11) is 0. The lowest BCUT2D eigenvalue weighted by atomic mass is 9.70. The second kappa shape index (κ2) is 6.17. The molecule has 116 valence electrons. The van der Waals surface area contributed by atoms with Crippen LogP contribution >= 0.6 is 15.9 Å². The number of rotatable bonds is 2. The number of aliphatic hydroxyl groups is 1. The van der Waals surface area contributed by atoms with Gasteiger partial charge in [-0.05, 0) is 36.0 Å². The molecular weight excluding hydrogens is 332 g/mol. The lowest BCUT2D eigenvalue weighted by Gasteiger charge is -2.38. The molecule has 0 saturated heterocycles. The molecule has 0 bridgehead atoms. The Morgan fingerprint density at radius 2 is 1.67 bits per heavy atom. The largest absolute Gasteiger partial charge is 0.490 e. The molecule has 3 nitrogen and oxygen atoms in total. The first-order chi connectivity index (χ1) is 10.1. The van der Waals surface area contributed by atoms with Crippen LogP contribution in [0.1, 0.15) is 57.1 Å². The van der Waals surface area contributed by atoms with Gasteiger partial charge in [-0.1, -0.05) is 42.1 Å². The van der Waals surface area contributed by atoms with Crippen LogP contribution in [0.5, 0.6) is 11.5 Å². The minimum atomic E-state index is -0.468. The van der Waals surface area contributed by atoms with E-state index in [0.29, 0.717) is 13.2 Å². The van der Waals surface area contributed by atoms with E-state index >= 15 is 0 Å². The second-order valence-corrected chi connectivity index (χ2v) is 7.34. The number of hydrogen-bond donors (Lipinski definition) is 1. The molecule has 0 amide bonds. The Morgan fingerprint density at radius 1 is 1.05 bits per heavy atom. The van der Waals surface area contributed by atoms with Gasteiger partial charge in [0.15, 0.2) is 11.5 Å². The Hall–Kier alpha value is -0.740. The van der Waals surface area contributed by atoms with Crippen LogP contribution in [0.15, 0.2) is 16.6 Å². The summed E-state index contributed by atoms with van der Waals surface area (Å²) >= 11 is 3.60. The molecule has 1 unspecified atom stereocenters. The van der Waals surface area contributed by atoms with E-state index in [9.17, 15) is 5.11 Å². The molecule has 21 heavy (non-hydrogen) atoms. The third-order valence-electron chi connectivity index (χ3n) is 4.82. The summed E-state index contributed by atoms with van der Waals surface area (Å²) in [6, 6.07) is 3.89. The molecule has 1 N–H and O–H groups in total. The molecule has 1 aliphatic carbocycles. The summed E-state index contributed by atoms with van der Waals surface area (Å²) in [6.45, 7) is 3.55. The number of benzene rings is 1.